The van der Waals surface area contributed by atoms with E-state index in [0.29, 0.717) is 18.8 Å². The van der Waals surface area contributed by atoms with Gasteiger partial charge in [-0.3, -0.25) is 21.0 Å². The van der Waals surface area contributed by atoms with Crippen molar-refractivity contribution in [3.8, 4) is 0 Å². The van der Waals surface area contributed by atoms with E-state index in [9.17, 15) is 9.59 Å². The van der Waals surface area contributed by atoms with Gasteiger partial charge in [0.15, 0.2) is 0 Å². The van der Waals surface area contributed by atoms with Crippen LogP contribution in [0, 0.1) is 42.4 Å². The molecule has 1 unspecified atom stereocenters. The van der Waals surface area contributed by atoms with Crippen molar-refractivity contribution in [1.82, 2.24) is 4.90 Å². The van der Waals surface area contributed by atoms with Crippen molar-refractivity contribution in [3.05, 3.63) is 57.4 Å². The average molecular weight is 717 g/mol. The molecule has 10 heteroatoms. The van der Waals surface area contributed by atoms with Gasteiger partial charge in [0, 0.05) is 36.8 Å². The number of hydrogen-bond acceptors (Lipinski definition) is 6. The predicted octanol–water partition coefficient (Wildman–Crippen LogP) is 4.02. The van der Waals surface area contributed by atoms with Crippen LogP contribution in [0.1, 0.15) is 25.3 Å². The van der Waals surface area contributed by atoms with E-state index >= 15 is 0 Å². The van der Waals surface area contributed by atoms with Crippen LogP contribution in [0.2, 0.25) is 4.34 Å². The van der Waals surface area contributed by atoms with Gasteiger partial charge < -0.3 is 26.3 Å². The second-order valence-electron chi connectivity index (χ2n) is 7.71. The fourth-order valence-corrected chi connectivity index (χ4v) is 3.95. The predicted molar refractivity (Wildman–Crippen MR) is 130 cm³/mol. The standard InChI is InChI=1S/C19H29N4O3.C4H2ClS.U/c1-15(18(25)22-17-5-3-2-4-16(17)12-20)6-7-19(13-21)14-23(19)8-10-26-11-9-24;5-4-2-1-3-6-4;/h2-5,9,15,20H,6-8,10-14,21H2,1H3,(H,22,25);1-2H;/q2*-1;+2/t15-,19-,23?;;/m1../s1. The smallest absolute Gasteiger partial charge is 0.674 e. The molecule has 0 saturated carbocycles. The first-order valence-electron chi connectivity index (χ1n) is 10.6. The number of halogens is 1. The van der Waals surface area contributed by atoms with Crippen LogP contribution in [0.5, 0.6) is 0 Å². The monoisotopic (exact) mass is 716 g/mol. The summed E-state index contributed by atoms with van der Waals surface area (Å²) in [6.45, 7) is 4.91. The van der Waals surface area contributed by atoms with E-state index in [2.05, 4.69) is 15.6 Å². The first kappa shape index (κ1) is 30.3. The molecule has 1 aliphatic heterocycles. The van der Waals surface area contributed by atoms with Crippen LogP contribution in [0.3, 0.4) is 0 Å². The molecule has 1 aromatic carbocycles. The first-order chi connectivity index (χ1) is 15.5. The van der Waals surface area contributed by atoms with Crippen LogP contribution in [-0.2, 0) is 20.9 Å². The quantitative estimate of drug-likeness (QED) is 0.149. The number of ether oxygens (including phenoxy) is 1. The molecule has 3 atom stereocenters. The molecular formula is C23H31ClN4O3SU. The maximum absolute atomic E-state index is 12.5. The Bertz CT molecular complexity index is 843. The van der Waals surface area contributed by atoms with Gasteiger partial charge in [-0.15, -0.1) is 11.9 Å². The number of benzene rings is 1. The van der Waals surface area contributed by atoms with Crippen molar-refractivity contribution in [1.29, 1.82) is 0 Å². The van der Waals surface area contributed by atoms with Gasteiger partial charge in [-0.1, -0.05) is 29.5 Å². The molecule has 1 aromatic heterocycles. The minimum atomic E-state index is -0.133. The number of carbonyl (C=O) groups excluding carboxylic acids is 2. The number of thiophene rings is 1. The molecule has 0 bridgehead atoms. The van der Waals surface area contributed by atoms with Crippen LogP contribution in [0.4, 0.5) is 5.69 Å². The number of para-hydroxylation sites is 1. The zero-order valence-corrected chi connectivity index (χ0v) is 24.5. The molecule has 3 rings (SSSR count). The van der Waals surface area contributed by atoms with Crippen LogP contribution in [-0.4, -0.2) is 55.5 Å². The van der Waals surface area contributed by atoms with Crippen molar-refractivity contribution in [2.45, 2.75) is 31.8 Å². The largest absolute Gasteiger partial charge is 2.00 e. The summed E-state index contributed by atoms with van der Waals surface area (Å²) < 4.78 is 5.99. The molecule has 7 nitrogen and oxygen atoms in total. The second-order valence-corrected chi connectivity index (χ2v) is 9.22. The van der Waals surface area contributed by atoms with Gasteiger partial charge in [0.1, 0.15) is 12.9 Å². The van der Waals surface area contributed by atoms with Crippen molar-refractivity contribution < 1.29 is 45.4 Å². The first-order valence-corrected chi connectivity index (χ1v) is 11.8. The minimum absolute atomic E-state index is 0. The van der Waals surface area contributed by atoms with E-state index in [1.807, 2.05) is 37.3 Å². The topological polar surface area (TPSA) is 108 Å². The molecule has 0 spiro atoms. The SMILES string of the molecule is C[C@H](CC[C@@]1(CN)CN1CCOCC=O)C(=O)Nc1ccccc1C[NH-].Clc1cc[c-]s1.[U+2]. The number of hydrogen-bond donors (Lipinski definition) is 2. The fourth-order valence-electron chi connectivity index (χ4n) is 3.37. The fraction of sp³-hybridized carbons (Fsp3) is 0.478. The summed E-state index contributed by atoms with van der Waals surface area (Å²) in [6, 6.07) is 11.0. The molecular weight excluding hydrogens is 686 g/mol. The third kappa shape index (κ3) is 10.2. The summed E-state index contributed by atoms with van der Waals surface area (Å²) in [7, 11) is 0. The molecule has 33 heavy (non-hydrogen) atoms. The number of anilines is 1. The third-order valence-corrected chi connectivity index (χ3v) is 6.46. The van der Waals surface area contributed by atoms with Gasteiger partial charge in [0.25, 0.3) is 0 Å². The Kier molecular flexibility index (Phi) is 14.7. The van der Waals surface area contributed by atoms with Gasteiger partial charge in [-0.2, -0.15) is 23.7 Å². The Hall–Kier alpha value is -0.758. The van der Waals surface area contributed by atoms with Crippen LogP contribution in [0.15, 0.2) is 36.4 Å². The molecule has 1 aliphatic rings. The Labute approximate surface area is 228 Å². The normalized spacial score (nSPS) is 19.5. The van der Waals surface area contributed by atoms with Gasteiger partial charge in [0.05, 0.1) is 6.61 Å². The number of nitrogens with one attached hydrogen (secondary N) is 2. The van der Waals surface area contributed by atoms with E-state index in [0.717, 1.165) is 42.1 Å². The van der Waals surface area contributed by atoms with Crippen molar-refractivity contribution in [2.75, 3.05) is 38.2 Å². The number of aldehydes is 1. The van der Waals surface area contributed by atoms with Gasteiger partial charge in [-0.05, 0) is 24.5 Å². The Morgan fingerprint density at radius 1 is 1.45 bits per heavy atom. The van der Waals surface area contributed by atoms with E-state index < -0.39 is 0 Å². The number of nitrogens with zero attached hydrogens (tertiary/aromatic N) is 1. The van der Waals surface area contributed by atoms with Crippen molar-refractivity contribution in [2.24, 2.45) is 11.7 Å². The zero-order valence-electron chi connectivity index (χ0n) is 18.8. The zero-order chi connectivity index (χ0) is 23.4. The molecule has 2 heterocycles. The summed E-state index contributed by atoms with van der Waals surface area (Å²) in [5.41, 5.74) is 15.0. The second kappa shape index (κ2) is 16.0. The average Bonchev–Trinajstić information content (AvgIpc) is 3.29. The van der Waals surface area contributed by atoms with Crippen LogP contribution < -0.4 is 11.1 Å². The molecule has 0 aliphatic carbocycles. The molecule has 4 N–H and O–H groups in total. The van der Waals surface area contributed by atoms with E-state index in [1.165, 1.54) is 11.3 Å². The Balaban J connectivity index is 0.000000673. The maximum Gasteiger partial charge on any atom is 2.00 e. The van der Waals surface area contributed by atoms with E-state index in [-0.39, 0.29) is 61.6 Å². The van der Waals surface area contributed by atoms with Gasteiger partial charge in [0.2, 0.25) is 5.91 Å². The molecule has 1 saturated heterocycles. The summed E-state index contributed by atoms with van der Waals surface area (Å²) >= 11 is 6.86. The van der Waals surface area contributed by atoms with E-state index in [1.54, 1.807) is 6.07 Å². The summed E-state index contributed by atoms with van der Waals surface area (Å²) in [5, 5.41) is 5.78. The number of nitrogens with two attached hydrogens (primary N) is 1. The van der Waals surface area contributed by atoms with Crippen molar-refractivity contribution >= 4 is 40.8 Å². The summed E-state index contributed by atoms with van der Waals surface area (Å²) in [4.78, 5) is 25.0. The third-order valence-electron chi connectivity index (χ3n) is 5.52. The van der Waals surface area contributed by atoms with Crippen molar-refractivity contribution in [3.63, 3.8) is 0 Å². The number of amides is 1. The molecule has 2 aromatic rings. The number of carbonyl (C=O) groups is 2. The minimum Gasteiger partial charge on any atom is -0.674 e. The molecule has 0 radical (unpaired) electrons. The summed E-state index contributed by atoms with van der Waals surface area (Å²) in [5.74, 6) is -0.162. The Morgan fingerprint density at radius 3 is 2.79 bits per heavy atom. The van der Waals surface area contributed by atoms with E-state index in [4.69, 9.17) is 27.8 Å². The van der Waals surface area contributed by atoms with Gasteiger partial charge >= 0.3 is 31.1 Å². The van der Waals surface area contributed by atoms with Gasteiger partial charge in [-0.25, -0.2) is 0 Å². The molecule has 1 fully saturated rings. The Morgan fingerprint density at radius 2 is 2.21 bits per heavy atom. The maximum atomic E-state index is 12.5. The molecule has 178 valence electrons. The van der Waals surface area contributed by atoms with Crippen LogP contribution >= 0.6 is 22.9 Å². The number of rotatable bonds is 12. The molecule has 1 amide bonds. The van der Waals surface area contributed by atoms with Crippen LogP contribution in [0.25, 0.3) is 5.73 Å². The summed E-state index contributed by atoms with van der Waals surface area (Å²) in [6.07, 6.45) is 2.35.